The summed E-state index contributed by atoms with van der Waals surface area (Å²) in [6.07, 6.45) is 4.47. The normalized spacial score (nSPS) is 17.1. The van der Waals surface area contributed by atoms with Crippen molar-refractivity contribution in [1.29, 1.82) is 5.26 Å². The number of amides is 2. The lowest BCUT2D eigenvalue weighted by atomic mass is 9.90. The summed E-state index contributed by atoms with van der Waals surface area (Å²) in [5, 5.41) is 28.7. The largest absolute Gasteiger partial charge is 0.386 e. The number of nitrogens with zero attached hydrogens (tertiary/aromatic N) is 2. The van der Waals surface area contributed by atoms with Gasteiger partial charge in [-0.1, -0.05) is 13.8 Å². The lowest BCUT2D eigenvalue weighted by Gasteiger charge is -2.25. The summed E-state index contributed by atoms with van der Waals surface area (Å²) >= 11 is 0. The predicted molar refractivity (Wildman–Crippen MR) is 128 cm³/mol. The number of nitrogens with two attached hydrogens (primary N) is 1. The van der Waals surface area contributed by atoms with Crippen molar-refractivity contribution >= 4 is 22.0 Å². The molecule has 2 amide bonds. The molecule has 9 heteroatoms. The number of hydrogen-bond donors (Lipinski definition) is 5. The number of pyridine rings is 1. The fourth-order valence-corrected chi connectivity index (χ4v) is 5.86. The van der Waals surface area contributed by atoms with E-state index < -0.39 is 21.9 Å². The van der Waals surface area contributed by atoms with Gasteiger partial charge in [-0.25, -0.2) is 9.00 Å². The number of anilines is 1. The van der Waals surface area contributed by atoms with E-state index in [-0.39, 0.29) is 15.9 Å². The molecule has 0 aliphatic heterocycles. The maximum Gasteiger partial charge on any atom is 0.330 e. The quantitative estimate of drug-likeness (QED) is 0.438. The van der Waals surface area contributed by atoms with Gasteiger partial charge < -0.3 is 10.4 Å². The van der Waals surface area contributed by atoms with Crippen molar-refractivity contribution in [2.24, 2.45) is 5.14 Å². The summed E-state index contributed by atoms with van der Waals surface area (Å²) in [5.41, 5.74) is 4.14. The molecule has 0 bridgehead atoms. The second-order valence-electron chi connectivity index (χ2n) is 10.1. The van der Waals surface area contributed by atoms with Gasteiger partial charge in [-0.05, 0) is 80.8 Å². The highest BCUT2D eigenvalue weighted by Gasteiger charge is 2.36. The zero-order chi connectivity index (χ0) is 24.2. The van der Waals surface area contributed by atoms with E-state index in [1.165, 1.54) is 18.2 Å². The van der Waals surface area contributed by atoms with Gasteiger partial charge in [-0.2, -0.15) is 5.26 Å². The fraction of sp³-hybridized carbons (Fsp3) is 0.458. The molecule has 8 nitrogen and oxygen atoms in total. The minimum absolute atomic E-state index is 0.0613. The van der Waals surface area contributed by atoms with Crippen LogP contribution in [0.5, 0.6) is 0 Å². The average molecular weight is 470 g/mol. The molecule has 2 aliphatic rings. The summed E-state index contributed by atoms with van der Waals surface area (Å²) in [5.74, 6) is 0. The molecule has 0 spiro atoms. The van der Waals surface area contributed by atoms with Crippen LogP contribution in [-0.2, 0) is 40.6 Å². The molecule has 1 aromatic heterocycles. The number of carbonyl (C=O) groups is 1. The zero-order valence-electron chi connectivity index (χ0n) is 19.5. The minimum atomic E-state index is -3.88. The topological polar surface area (TPSA) is 141 Å². The molecule has 176 valence electrons. The van der Waals surface area contributed by atoms with Crippen molar-refractivity contribution in [1.82, 2.24) is 9.71 Å². The molecule has 2 aromatic rings. The standard InChI is InChI=1S/C24H31N5O3S/c1-23(2)9-8-18-20(17-6-5-7-19(17)27-21(18)23)28-22(30)29-33(26,32)16-11-14(13-25)10-15(12-16)24(3,4)31/h10-12,31,33H,5-9H2,1-4H3,(H4,26,27,28,29,30,32). The molecule has 0 radical (unpaired) electrons. The fourth-order valence-electron chi connectivity index (χ4n) is 4.71. The Morgan fingerprint density at radius 3 is 2.64 bits per heavy atom. The third kappa shape index (κ3) is 4.38. The Hall–Kier alpha value is -2.80. The third-order valence-corrected chi connectivity index (χ3v) is 8.17. The molecule has 0 fully saturated rings. The minimum Gasteiger partial charge on any atom is -0.386 e. The van der Waals surface area contributed by atoms with Crippen LogP contribution in [0.15, 0.2) is 23.1 Å². The van der Waals surface area contributed by atoms with Gasteiger partial charge in [0.2, 0.25) is 0 Å². The number of aryl methyl sites for hydroxylation is 1. The van der Waals surface area contributed by atoms with Crippen LogP contribution in [0.1, 0.15) is 74.2 Å². The van der Waals surface area contributed by atoms with Crippen molar-refractivity contribution in [3.63, 3.8) is 0 Å². The number of aliphatic hydroxyl groups is 1. The molecule has 1 heterocycles. The molecule has 33 heavy (non-hydrogen) atoms. The van der Waals surface area contributed by atoms with Crippen LogP contribution in [-0.4, -0.2) is 20.3 Å². The Kier molecular flexibility index (Phi) is 5.60. The highest BCUT2D eigenvalue weighted by molar-refractivity contribution is 7.99. The molecule has 0 unspecified atom stereocenters. The van der Waals surface area contributed by atoms with Crippen LogP contribution in [0.4, 0.5) is 10.5 Å². The van der Waals surface area contributed by atoms with E-state index in [1.54, 1.807) is 13.8 Å². The second kappa shape index (κ2) is 7.90. The van der Waals surface area contributed by atoms with Gasteiger partial charge in [0.05, 0.1) is 28.6 Å². The predicted octanol–water partition coefficient (Wildman–Crippen LogP) is 2.88. The smallest absolute Gasteiger partial charge is 0.330 e. The Morgan fingerprint density at radius 1 is 1.24 bits per heavy atom. The highest BCUT2D eigenvalue weighted by Crippen LogP contribution is 2.44. The molecule has 5 N–H and O–H groups in total. The van der Waals surface area contributed by atoms with Gasteiger partial charge in [-0.15, -0.1) is 0 Å². The number of nitriles is 1. The summed E-state index contributed by atoms with van der Waals surface area (Å²) in [7, 11) is -3.88. The Labute approximate surface area is 195 Å². The van der Waals surface area contributed by atoms with Gasteiger partial charge in [0.15, 0.2) is 0 Å². The number of rotatable bonds is 4. The number of fused-ring (bicyclic) bond motifs is 2. The summed E-state index contributed by atoms with van der Waals surface area (Å²) < 4.78 is 15.8. The number of nitrogens with one attached hydrogen (secondary N) is 2. The number of hydrogen-bond acceptors (Lipinski definition) is 5. The van der Waals surface area contributed by atoms with Crippen LogP contribution in [0.3, 0.4) is 0 Å². The van der Waals surface area contributed by atoms with Crippen molar-refractivity contribution in [2.75, 3.05) is 5.32 Å². The van der Waals surface area contributed by atoms with E-state index >= 15 is 0 Å². The summed E-state index contributed by atoms with van der Waals surface area (Å²) in [6, 6.07) is 5.67. The van der Waals surface area contributed by atoms with Gasteiger partial charge in [0, 0.05) is 26.3 Å². The Bertz CT molecular complexity index is 1240. The van der Waals surface area contributed by atoms with Crippen molar-refractivity contribution in [3.8, 4) is 6.07 Å². The van der Waals surface area contributed by atoms with Crippen LogP contribution in [0, 0.1) is 11.3 Å². The number of aromatic nitrogens is 1. The molecule has 0 atom stereocenters. The van der Waals surface area contributed by atoms with E-state index in [0.29, 0.717) is 5.56 Å². The first-order valence-electron chi connectivity index (χ1n) is 11.1. The van der Waals surface area contributed by atoms with Crippen molar-refractivity contribution in [2.45, 2.75) is 75.7 Å². The molecular formula is C24H31N5O3S. The molecule has 0 saturated heterocycles. The van der Waals surface area contributed by atoms with E-state index in [1.807, 2.05) is 6.07 Å². The van der Waals surface area contributed by atoms with Gasteiger partial charge in [0.1, 0.15) is 0 Å². The molecular weight excluding hydrogens is 438 g/mol. The monoisotopic (exact) mass is 469 g/mol. The molecule has 4 rings (SSSR count). The zero-order valence-corrected chi connectivity index (χ0v) is 20.3. The maximum absolute atomic E-state index is 13.3. The second-order valence-corrected chi connectivity index (χ2v) is 12.2. The van der Waals surface area contributed by atoms with E-state index in [2.05, 4.69) is 23.9 Å². The molecule has 0 saturated carbocycles. The van der Waals surface area contributed by atoms with E-state index in [9.17, 15) is 19.4 Å². The average Bonchev–Trinajstić information content (AvgIpc) is 3.31. The Morgan fingerprint density at radius 2 is 1.97 bits per heavy atom. The lowest BCUT2D eigenvalue weighted by molar-refractivity contribution is 0.0783. The SMILES string of the molecule is CC(C)(O)c1cc(C#N)cc([SH](N)(=O)NC(=O)Nc2c3c(nc4c2CCC4(C)C)CCC3)c1. The first-order valence-corrected chi connectivity index (χ1v) is 12.9. The third-order valence-electron chi connectivity index (χ3n) is 6.61. The van der Waals surface area contributed by atoms with Gasteiger partial charge in [0.25, 0.3) is 0 Å². The van der Waals surface area contributed by atoms with E-state index in [4.69, 9.17) is 10.1 Å². The van der Waals surface area contributed by atoms with Crippen LogP contribution < -0.4 is 15.2 Å². The number of carbonyl (C=O) groups excluding carboxylic acids is 1. The van der Waals surface area contributed by atoms with Crippen molar-refractivity contribution in [3.05, 3.63) is 51.8 Å². The number of urea groups is 1. The van der Waals surface area contributed by atoms with Crippen molar-refractivity contribution < 1.29 is 14.1 Å². The summed E-state index contributed by atoms with van der Waals surface area (Å²) in [4.78, 5) is 18.0. The molecule has 2 aliphatic carbocycles. The Balaban J connectivity index is 1.65. The van der Waals surface area contributed by atoms with Gasteiger partial charge in [-0.3, -0.25) is 14.8 Å². The van der Waals surface area contributed by atoms with Crippen LogP contribution in [0.25, 0.3) is 0 Å². The maximum atomic E-state index is 13.3. The first kappa shape index (κ1) is 23.4. The van der Waals surface area contributed by atoms with Gasteiger partial charge >= 0.3 is 6.03 Å². The number of thiol groups is 1. The van der Waals surface area contributed by atoms with Crippen LogP contribution >= 0.6 is 0 Å². The highest BCUT2D eigenvalue weighted by atomic mass is 32.3. The van der Waals surface area contributed by atoms with E-state index in [0.717, 1.165) is 60.3 Å². The lowest BCUT2D eigenvalue weighted by Crippen LogP contribution is -2.45. The summed E-state index contributed by atoms with van der Waals surface area (Å²) in [6.45, 7) is 7.43. The molecule has 1 aromatic carbocycles. The van der Waals surface area contributed by atoms with Crippen LogP contribution in [0.2, 0.25) is 0 Å². The first-order chi connectivity index (χ1) is 15.3. The number of benzene rings is 1.